The minimum atomic E-state index is -4.11. The van der Waals surface area contributed by atoms with Crippen LogP contribution < -0.4 is 11.1 Å². The number of rotatable bonds is 5. The molecule has 0 aliphatic carbocycles. The lowest BCUT2D eigenvalue weighted by atomic mass is 9.85. The number of β-amino-alcohol motifs (C(OH)–C–C–N with tert-alkyl or cyclic N) is 1. The van der Waals surface area contributed by atoms with Crippen molar-refractivity contribution < 1.29 is 22.7 Å². The van der Waals surface area contributed by atoms with Crippen molar-refractivity contribution in [3.8, 4) is 0 Å². The molecule has 0 bridgehead atoms. The molecule has 1 aromatic carbocycles. The molecule has 2 aromatic rings. The standard InChI is InChI=1S/C14H12F4N6O/c15-9-2-3-10(11(16)6-9)13(25,7-24-8-21-22-23-24)14(17,18)12-19-4-1-5-20-12/h1-6,8,22-23,25H,7H2. The van der Waals surface area contributed by atoms with E-state index in [0.717, 1.165) is 35.9 Å². The van der Waals surface area contributed by atoms with Gasteiger partial charge in [0.15, 0.2) is 5.60 Å². The predicted octanol–water partition coefficient (Wildman–Crippen LogP) is 1.00. The molecular formula is C14H12F4N6O. The zero-order chi connectivity index (χ0) is 18.1. The van der Waals surface area contributed by atoms with Crippen LogP contribution in [0.5, 0.6) is 0 Å². The lowest BCUT2D eigenvalue weighted by Crippen LogP contribution is -2.55. The molecule has 1 atom stereocenters. The molecule has 0 amide bonds. The summed E-state index contributed by atoms with van der Waals surface area (Å²) in [7, 11) is 0. The fraction of sp³-hybridized carbons (Fsp3) is 0.214. The SMILES string of the molecule is OC(CN1C=NNN1)(c1ccc(F)cc1F)C(F)(F)c1ncccn1. The van der Waals surface area contributed by atoms with Gasteiger partial charge in [-0.2, -0.15) is 13.9 Å². The van der Waals surface area contributed by atoms with E-state index < -0.39 is 41.1 Å². The highest BCUT2D eigenvalue weighted by Crippen LogP contribution is 2.45. The molecule has 132 valence electrons. The number of aliphatic hydroxyl groups is 1. The first-order chi connectivity index (χ1) is 11.8. The minimum absolute atomic E-state index is 0.409. The van der Waals surface area contributed by atoms with E-state index in [2.05, 4.69) is 26.1 Å². The van der Waals surface area contributed by atoms with Crippen LogP contribution >= 0.6 is 0 Å². The number of hydrogen-bond donors (Lipinski definition) is 3. The number of aromatic nitrogens is 2. The third kappa shape index (κ3) is 2.98. The van der Waals surface area contributed by atoms with Gasteiger partial charge < -0.3 is 5.11 Å². The van der Waals surface area contributed by atoms with Crippen molar-refractivity contribution in [2.24, 2.45) is 5.10 Å². The number of hydrogen-bond acceptors (Lipinski definition) is 7. The van der Waals surface area contributed by atoms with Crippen LogP contribution in [-0.2, 0) is 11.5 Å². The largest absolute Gasteiger partial charge is 0.377 e. The van der Waals surface area contributed by atoms with E-state index in [1.165, 1.54) is 6.07 Å². The summed E-state index contributed by atoms with van der Waals surface area (Å²) in [4.78, 5) is 6.92. The van der Waals surface area contributed by atoms with E-state index in [-0.39, 0.29) is 0 Å². The maximum Gasteiger partial charge on any atom is 0.340 e. The topological polar surface area (TPSA) is 85.7 Å². The molecule has 0 saturated carbocycles. The van der Waals surface area contributed by atoms with Crippen LogP contribution in [0.2, 0.25) is 0 Å². The van der Waals surface area contributed by atoms with Gasteiger partial charge in [-0.1, -0.05) is 0 Å². The van der Waals surface area contributed by atoms with Crippen LogP contribution in [-0.4, -0.2) is 33.0 Å². The van der Waals surface area contributed by atoms with Crippen molar-refractivity contribution in [3.05, 3.63) is 59.7 Å². The first-order valence-corrected chi connectivity index (χ1v) is 6.98. The number of alkyl halides is 2. The van der Waals surface area contributed by atoms with Crippen molar-refractivity contribution >= 4 is 6.34 Å². The Morgan fingerprint density at radius 2 is 1.88 bits per heavy atom. The van der Waals surface area contributed by atoms with Crippen LogP contribution in [0.4, 0.5) is 17.6 Å². The first kappa shape index (κ1) is 17.0. The van der Waals surface area contributed by atoms with E-state index in [0.29, 0.717) is 6.07 Å². The molecule has 3 N–H and O–H groups in total. The molecule has 2 heterocycles. The minimum Gasteiger partial charge on any atom is -0.377 e. The Balaban J connectivity index is 2.12. The third-order valence-electron chi connectivity index (χ3n) is 3.60. The first-order valence-electron chi connectivity index (χ1n) is 6.98. The van der Waals surface area contributed by atoms with Crippen molar-refractivity contribution in [2.45, 2.75) is 11.5 Å². The monoisotopic (exact) mass is 356 g/mol. The second-order valence-electron chi connectivity index (χ2n) is 5.23. The highest BCUT2D eigenvalue weighted by atomic mass is 19.3. The Bertz CT molecular complexity index is 790. The van der Waals surface area contributed by atoms with Gasteiger partial charge in [-0.3, -0.25) is 5.01 Å². The summed E-state index contributed by atoms with van der Waals surface area (Å²) in [6.45, 7) is -0.836. The number of nitrogens with zero attached hydrogens (tertiary/aromatic N) is 4. The summed E-state index contributed by atoms with van der Waals surface area (Å²) in [5.74, 6) is -7.41. The molecule has 0 spiro atoms. The Morgan fingerprint density at radius 3 is 2.48 bits per heavy atom. The maximum absolute atomic E-state index is 15.1. The fourth-order valence-electron chi connectivity index (χ4n) is 2.37. The van der Waals surface area contributed by atoms with Gasteiger partial charge in [-0.25, -0.2) is 24.3 Å². The molecular weight excluding hydrogens is 344 g/mol. The summed E-state index contributed by atoms with van der Waals surface area (Å²) in [5.41, 5.74) is 0.693. The smallest absolute Gasteiger partial charge is 0.340 e. The zero-order valence-corrected chi connectivity index (χ0v) is 12.5. The van der Waals surface area contributed by atoms with Gasteiger partial charge in [-0.15, -0.1) is 5.53 Å². The molecule has 0 fully saturated rings. The molecule has 1 aliphatic rings. The van der Waals surface area contributed by atoms with Gasteiger partial charge in [0.1, 0.15) is 18.0 Å². The Kier molecular flexibility index (Phi) is 4.27. The van der Waals surface area contributed by atoms with Crippen molar-refractivity contribution in [1.82, 2.24) is 26.0 Å². The lowest BCUT2D eigenvalue weighted by molar-refractivity contribution is -0.208. The van der Waals surface area contributed by atoms with Gasteiger partial charge >= 0.3 is 5.92 Å². The Morgan fingerprint density at radius 1 is 1.16 bits per heavy atom. The summed E-state index contributed by atoms with van der Waals surface area (Å²) in [6, 6.07) is 3.25. The number of nitrogens with one attached hydrogen (secondary N) is 2. The normalized spacial score (nSPS) is 16.6. The average molecular weight is 356 g/mol. The second-order valence-corrected chi connectivity index (χ2v) is 5.23. The molecule has 1 unspecified atom stereocenters. The summed E-state index contributed by atoms with van der Waals surface area (Å²) in [6.07, 6.45) is 3.21. The van der Waals surface area contributed by atoms with Gasteiger partial charge in [0, 0.05) is 24.0 Å². The van der Waals surface area contributed by atoms with Crippen LogP contribution in [0.3, 0.4) is 0 Å². The summed E-state index contributed by atoms with van der Waals surface area (Å²) in [5, 5.41) is 15.3. The quantitative estimate of drug-likeness (QED) is 0.693. The number of halogens is 4. The highest BCUT2D eigenvalue weighted by Gasteiger charge is 2.59. The van der Waals surface area contributed by atoms with Gasteiger partial charge in [0.25, 0.3) is 0 Å². The number of benzene rings is 1. The molecule has 3 rings (SSSR count). The van der Waals surface area contributed by atoms with Crippen molar-refractivity contribution in [1.29, 1.82) is 0 Å². The molecule has 25 heavy (non-hydrogen) atoms. The Hall–Kier alpha value is -2.79. The van der Waals surface area contributed by atoms with Crippen LogP contribution in [0.1, 0.15) is 11.4 Å². The van der Waals surface area contributed by atoms with E-state index in [1.807, 2.05) is 0 Å². The van der Waals surface area contributed by atoms with E-state index in [9.17, 15) is 13.9 Å². The van der Waals surface area contributed by atoms with E-state index in [1.54, 1.807) is 0 Å². The zero-order valence-electron chi connectivity index (χ0n) is 12.5. The summed E-state index contributed by atoms with van der Waals surface area (Å²) < 4.78 is 57.5. The number of hydrazine groups is 2. The predicted molar refractivity (Wildman–Crippen MR) is 77.7 cm³/mol. The molecule has 1 aliphatic heterocycles. The Labute approximate surface area is 139 Å². The van der Waals surface area contributed by atoms with Gasteiger partial charge in [0.2, 0.25) is 5.82 Å². The van der Waals surface area contributed by atoms with Gasteiger partial charge in [-0.05, 0) is 18.2 Å². The number of hydrazone groups is 1. The highest BCUT2D eigenvalue weighted by molar-refractivity contribution is 5.55. The third-order valence-corrected chi connectivity index (χ3v) is 3.60. The molecule has 11 heteroatoms. The van der Waals surface area contributed by atoms with Crippen LogP contribution in [0.15, 0.2) is 41.8 Å². The van der Waals surface area contributed by atoms with Crippen LogP contribution in [0, 0.1) is 11.6 Å². The second kappa shape index (κ2) is 6.26. The van der Waals surface area contributed by atoms with E-state index >= 15 is 8.78 Å². The lowest BCUT2D eigenvalue weighted by Gasteiger charge is -2.37. The molecule has 7 nitrogen and oxygen atoms in total. The fourth-order valence-corrected chi connectivity index (χ4v) is 2.37. The van der Waals surface area contributed by atoms with Crippen molar-refractivity contribution in [2.75, 3.05) is 6.54 Å². The molecule has 0 radical (unpaired) electrons. The van der Waals surface area contributed by atoms with E-state index in [4.69, 9.17) is 0 Å². The van der Waals surface area contributed by atoms with Gasteiger partial charge in [0.05, 0.1) is 6.54 Å². The molecule has 0 saturated heterocycles. The summed E-state index contributed by atoms with van der Waals surface area (Å²) >= 11 is 0. The van der Waals surface area contributed by atoms with Crippen molar-refractivity contribution in [3.63, 3.8) is 0 Å². The molecule has 1 aromatic heterocycles. The average Bonchev–Trinajstić information content (AvgIpc) is 3.08. The van der Waals surface area contributed by atoms with Crippen LogP contribution in [0.25, 0.3) is 0 Å². The maximum atomic E-state index is 15.1.